The molecule has 0 aliphatic carbocycles. The van der Waals surface area contributed by atoms with E-state index in [1.165, 1.54) is 17.1 Å². The van der Waals surface area contributed by atoms with E-state index in [0.29, 0.717) is 17.0 Å². The van der Waals surface area contributed by atoms with E-state index in [-0.39, 0.29) is 18.5 Å². The topological polar surface area (TPSA) is 105 Å². The predicted octanol–water partition coefficient (Wildman–Crippen LogP) is 2.01. The molecule has 0 spiro atoms. The molecule has 9 heteroatoms. The molecule has 0 N–H and O–H groups in total. The van der Waals surface area contributed by atoms with E-state index in [4.69, 9.17) is 4.74 Å². The van der Waals surface area contributed by atoms with E-state index in [9.17, 15) is 9.59 Å². The van der Waals surface area contributed by atoms with Crippen molar-refractivity contribution in [3.63, 3.8) is 0 Å². The molecule has 0 aliphatic rings. The molecule has 0 aliphatic heterocycles. The minimum Gasteiger partial charge on any atom is -0.460 e. The van der Waals surface area contributed by atoms with E-state index >= 15 is 0 Å². The van der Waals surface area contributed by atoms with E-state index in [1.54, 1.807) is 20.8 Å². The van der Waals surface area contributed by atoms with Crippen LogP contribution in [0.2, 0.25) is 0 Å². The van der Waals surface area contributed by atoms with Crippen LogP contribution >= 0.6 is 0 Å². The first-order valence-electron chi connectivity index (χ1n) is 9.56. The van der Waals surface area contributed by atoms with Crippen LogP contribution in [0.25, 0.3) is 22.1 Å². The molecule has 0 radical (unpaired) electrons. The van der Waals surface area contributed by atoms with Crippen LogP contribution in [0.15, 0.2) is 41.5 Å². The quantitative estimate of drug-likeness (QED) is 0.477. The van der Waals surface area contributed by atoms with E-state index in [0.717, 1.165) is 11.0 Å². The second-order valence-corrected chi connectivity index (χ2v) is 8.00. The summed E-state index contributed by atoms with van der Waals surface area (Å²) in [6.45, 7) is 5.52. The number of hydrogen-bond acceptors (Lipinski definition) is 7. The Morgan fingerprint density at radius 2 is 1.80 bits per heavy atom. The number of imidazole rings is 1. The van der Waals surface area contributed by atoms with Crippen molar-refractivity contribution < 1.29 is 9.53 Å². The molecule has 0 unspecified atom stereocenters. The van der Waals surface area contributed by atoms with Crippen LogP contribution in [0.1, 0.15) is 32.3 Å². The predicted molar refractivity (Wildman–Crippen MR) is 111 cm³/mol. The lowest BCUT2D eigenvalue weighted by Crippen LogP contribution is -2.29. The third-order valence-electron chi connectivity index (χ3n) is 4.55. The largest absolute Gasteiger partial charge is 0.460 e. The minimum atomic E-state index is -0.625. The molecule has 3 aromatic heterocycles. The van der Waals surface area contributed by atoms with E-state index in [2.05, 4.69) is 20.1 Å². The van der Waals surface area contributed by atoms with Gasteiger partial charge in [0.05, 0.1) is 17.5 Å². The molecule has 30 heavy (non-hydrogen) atoms. The lowest BCUT2D eigenvalue weighted by atomic mass is 10.2. The number of esters is 1. The number of para-hydroxylation sites is 2. The van der Waals surface area contributed by atoms with Gasteiger partial charge in [0.1, 0.15) is 29.2 Å². The summed E-state index contributed by atoms with van der Waals surface area (Å²) in [5.41, 5.74) is 1.57. The van der Waals surface area contributed by atoms with Crippen molar-refractivity contribution >= 4 is 28.0 Å². The van der Waals surface area contributed by atoms with Crippen LogP contribution in [0.5, 0.6) is 0 Å². The van der Waals surface area contributed by atoms with Crippen molar-refractivity contribution in [3.05, 3.63) is 58.5 Å². The molecule has 0 atom stereocenters. The highest BCUT2D eigenvalue weighted by molar-refractivity contribution is 5.81. The maximum absolute atomic E-state index is 13.0. The van der Waals surface area contributed by atoms with Crippen molar-refractivity contribution in [2.75, 3.05) is 0 Å². The Balaban J connectivity index is 1.78. The number of fused-ring (bicyclic) bond motifs is 2. The highest BCUT2D eigenvalue weighted by Crippen LogP contribution is 2.16. The number of nitrogens with zero attached hydrogens (tertiary/aromatic N) is 6. The number of hydrogen-bond donors (Lipinski definition) is 0. The summed E-state index contributed by atoms with van der Waals surface area (Å²) >= 11 is 0. The minimum absolute atomic E-state index is 0.116. The lowest BCUT2D eigenvalue weighted by molar-refractivity contribution is -0.153. The van der Waals surface area contributed by atoms with Crippen molar-refractivity contribution in [2.45, 2.75) is 39.3 Å². The summed E-state index contributed by atoms with van der Waals surface area (Å²) in [7, 11) is 1.89. The summed E-state index contributed by atoms with van der Waals surface area (Å²) in [6.07, 6.45) is 2.80. The van der Waals surface area contributed by atoms with E-state index < -0.39 is 17.1 Å². The van der Waals surface area contributed by atoms with Gasteiger partial charge in [-0.3, -0.25) is 14.6 Å². The first-order chi connectivity index (χ1) is 14.2. The number of benzene rings is 1. The fourth-order valence-corrected chi connectivity index (χ4v) is 3.28. The number of aryl methyl sites for hydroxylation is 1. The van der Waals surface area contributed by atoms with Gasteiger partial charge in [-0.25, -0.2) is 14.6 Å². The molecular formula is C21H22N6O3. The Bertz CT molecular complexity index is 1320. The number of rotatable bonds is 4. The zero-order valence-electron chi connectivity index (χ0n) is 17.3. The van der Waals surface area contributed by atoms with Crippen LogP contribution in [0, 0.1) is 0 Å². The number of carbonyl (C=O) groups is 1. The van der Waals surface area contributed by atoms with Gasteiger partial charge >= 0.3 is 5.97 Å². The Morgan fingerprint density at radius 1 is 1.10 bits per heavy atom. The zero-order chi connectivity index (χ0) is 21.5. The maximum atomic E-state index is 13.0. The molecule has 0 saturated carbocycles. The molecule has 154 valence electrons. The van der Waals surface area contributed by atoms with Crippen molar-refractivity contribution in [1.29, 1.82) is 0 Å². The standard InChI is InChI=1S/C21H22N6O3/c1-21(2,3)30-17(28)11-14-18-19(23-10-9-22-18)20(29)27(25-14)12-16-24-13-7-5-6-8-15(13)26(16)4/h5-10H,11-12H2,1-4H3. The molecule has 4 rings (SSSR count). The number of carbonyl (C=O) groups excluding carboxylic acids is 1. The second-order valence-electron chi connectivity index (χ2n) is 8.00. The maximum Gasteiger partial charge on any atom is 0.312 e. The fraction of sp³-hybridized carbons (Fsp3) is 0.333. The summed E-state index contributed by atoms with van der Waals surface area (Å²) < 4.78 is 8.60. The van der Waals surface area contributed by atoms with Crippen LogP contribution < -0.4 is 5.56 Å². The van der Waals surface area contributed by atoms with Gasteiger partial charge in [0, 0.05) is 19.4 Å². The van der Waals surface area contributed by atoms with Crippen LogP contribution in [-0.2, 0) is 29.5 Å². The molecule has 9 nitrogen and oxygen atoms in total. The summed E-state index contributed by atoms with van der Waals surface area (Å²) in [5, 5.41) is 4.42. The molecular weight excluding hydrogens is 384 g/mol. The molecule has 3 heterocycles. The van der Waals surface area contributed by atoms with Crippen molar-refractivity contribution in [2.24, 2.45) is 7.05 Å². The van der Waals surface area contributed by atoms with Gasteiger partial charge in [0.15, 0.2) is 5.52 Å². The van der Waals surface area contributed by atoms with E-state index in [1.807, 2.05) is 35.9 Å². The van der Waals surface area contributed by atoms with Gasteiger partial charge in [-0.2, -0.15) is 5.10 Å². The lowest BCUT2D eigenvalue weighted by Gasteiger charge is -2.19. The normalized spacial score (nSPS) is 11.9. The number of ether oxygens (including phenoxy) is 1. The summed E-state index contributed by atoms with van der Waals surface area (Å²) in [6, 6.07) is 7.72. The van der Waals surface area contributed by atoms with Crippen LogP contribution in [-0.4, -0.2) is 40.9 Å². The monoisotopic (exact) mass is 406 g/mol. The Kier molecular flexibility index (Phi) is 4.81. The first-order valence-corrected chi connectivity index (χ1v) is 9.56. The van der Waals surface area contributed by atoms with Gasteiger partial charge in [0.25, 0.3) is 5.56 Å². The van der Waals surface area contributed by atoms with Crippen molar-refractivity contribution in [1.82, 2.24) is 29.3 Å². The molecule has 0 amide bonds. The summed E-state index contributed by atoms with van der Waals surface area (Å²) in [4.78, 5) is 38.4. The second kappa shape index (κ2) is 7.33. The third kappa shape index (κ3) is 3.78. The van der Waals surface area contributed by atoms with Gasteiger partial charge in [-0.1, -0.05) is 12.1 Å². The Labute approximate surface area is 172 Å². The summed E-state index contributed by atoms with van der Waals surface area (Å²) in [5.74, 6) is 0.215. The average Bonchev–Trinajstić information content (AvgIpc) is 3.00. The highest BCUT2D eigenvalue weighted by Gasteiger charge is 2.21. The first kappa shape index (κ1) is 19.7. The van der Waals surface area contributed by atoms with Crippen LogP contribution in [0.3, 0.4) is 0 Å². The number of aromatic nitrogens is 6. The fourth-order valence-electron chi connectivity index (χ4n) is 3.28. The van der Waals surface area contributed by atoms with Gasteiger partial charge in [-0.05, 0) is 32.9 Å². The van der Waals surface area contributed by atoms with Crippen molar-refractivity contribution in [3.8, 4) is 0 Å². The van der Waals surface area contributed by atoms with Gasteiger partial charge < -0.3 is 9.30 Å². The van der Waals surface area contributed by atoms with Crippen LogP contribution in [0.4, 0.5) is 0 Å². The molecule has 0 fully saturated rings. The third-order valence-corrected chi connectivity index (χ3v) is 4.55. The smallest absolute Gasteiger partial charge is 0.312 e. The SMILES string of the molecule is Cn1c(Cn2nc(CC(=O)OC(C)(C)C)c3nccnc3c2=O)nc2ccccc21. The Hall–Kier alpha value is -3.62. The molecule has 4 aromatic rings. The average molecular weight is 406 g/mol. The van der Waals surface area contributed by atoms with Gasteiger partial charge in [-0.15, -0.1) is 0 Å². The molecule has 1 aromatic carbocycles. The zero-order valence-corrected chi connectivity index (χ0v) is 17.3. The highest BCUT2D eigenvalue weighted by atomic mass is 16.6. The van der Waals surface area contributed by atoms with Gasteiger partial charge in [0.2, 0.25) is 0 Å². The molecule has 0 bridgehead atoms. The molecule has 0 saturated heterocycles. The Morgan fingerprint density at radius 3 is 2.50 bits per heavy atom.